The van der Waals surface area contributed by atoms with E-state index in [1.165, 1.54) is 0 Å². The molecule has 2 aromatic carbocycles. The third-order valence-electron chi connectivity index (χ3n) is 6.00. The second kappa shape index (κ2) is 7.03. The average Bonchev–Trinajstić information content (AvgIpc) is 3.39. The fourth-order valence-corrected chi connectivity index (χ4v) is 4.67. The third-order valence-corrected chi connectivity index (χ3v) is 6.00. The minimum atomic E-state index is -0.553. The monoisotopic (exact) mass is 388 g/mol. The molecule has 148 valence electrons. The Morgan fingerprint density at radius 2 is 1.93 bits per heavy atom. The van der Waals surface area contributed by atoms with Gasteiger partial charge in [0.05, 0.1) is 17.5 Å². The lowest BCUT2D eigenvalue weighted by atomic mass is 10.1. The molecule has 0 bridgehead atoms. The highest BCUT2D eigenvalue weighted by Gasteiger charge is 2.44. The first-order valence-corrected chi connectivity index (χ1v) is 10.3. The Hall–Kier alpha value is -3.15. The number of nitrogens with one attached hydrogen (secondary N) is 1. The summed E-state index contributed by atoms with van der Waals surface area (Å²) in [6, 6.07) is 15.2. The van der Waals surface area contributed by atoms with Crippen LogP contribution in [0, 0.1) is 6.92 Å². The van der Waals surface area contributed by atoms with Crippen LogP contribution in [0.1, 0.15) is 43.7 Å². The Balaban J connectivity index is 1.48. The normalized spacial score (nSPS) is 19.1. The molecule has 6 nitrogen and oxygen atoms in total. The molecule has 1 N–H and O–H groups in total. The molecule has 1 aliphatic carbocycles. The third kappa shape index (κ3) is 3.09. The number of hydrogen-bond acceptors (Lipinski definition) is 3. The van der Waals surface area contributed by atoms with Gasteiger partial charge in [-0.3, -0.25) is 19.1 Å². The maximum Gasteiger partial charge on any atom is 0.253 e. The molecule has 0 radical (unpaired) electrons. The molecule has 1 saturated carbocycles. The van der Waals surface area contributed by atoms with E-state index in [0.717, 1.165) is 48.0 Å². The fraction of sp³-hybridized carbons (Fsp3) is 0.348. The van der Waals surface area contributed by atoms with E-state index in [2.05, 4.69) is 5.32 Å². The zero-order chi connectivity index (χ0) is 20.0. The molecule has 2 aliphatic rings. The van der Waals surface area contributed by atoms with E-state index >= 15 is 0 Å². The minimum Gasteiger partial charge on any atom is -0.326 e. The molecule has 1 aromatic heterocycles. The van der Waals surface area contributed by atoms with Crippen molar-refractivity contribution in [3.63, 3.8) is 0 Å². The van der Waals surface area contributed by atoms with E-state index in [1.54, 1.807) is 0 Å². The van der Waals surface area contributed by atoms with Crippen molar-refractivity contribution >= 4 is 34.5 Å². The topological polar surface area (TPSA) is 67.2 Å². The zero-order valence-corrected chi connectivity index (χ0v) is 16.5. The van der Waals surface area contributed by atoms with Crippen LogP contribution in [0.2, 0.25) is 0 Å². The standard InChI is InChI=1S/C23H24N4O2/c1-15-7-6-8-16(13-15)24-21(28)14-20-22(29)26(17-9-2-3-10-17)23-25-18-11-4-5-12-19(18)27(20)23/h4-8,11-13,17,20H,2-3,9-10,14H2,1H3,(H,24,28)/t20-/m0/s1. The van der Waals surface area contributed by atoms with Crippen molar-refractivity contribution in [3.05, 3.63) is 54.1 Å². The van der Waals surface area contributed by atoms with Crippen LogP contribution in [0.3, 0.4) is 0 Å². The van der Waals surface area contributed by atoms with Crippen molar-refractivity contribution in [2.75, 3.05) is 10.2 Å². The molecule has 0 saturated heterocycles. The lowest BCUT2D eigenvalue weighted by Gasteiger charge is -2.22. The highest BCUT2D eigenvalue weighted by molar-refractivity contribution is 6.05. The van der Waals surface area contributed by atoms with Gasteiger partial charge < -0.3 is 5.32 Å². The van der Waals surface area contributed by atoms with Crippen molar-refractivity contribution in [2.45, 2.75) is 51.1 Å². The second-order valence-corrected chi connectivity index (χ2v) is 8.05. The van der Waals surface area contributed by atoms with Gasteiger partial charge in [-0.05, 0) is 49.6 Å². The van der Waals surface area contributed by atoms with E-state index in [-0.39, 0.29) is 24.3 Å². The number of aromatic nitrogens is 2. The first-order valence-electron chi connectivity index (χ1n) is 10.3. The Kier molecular flexibility index (Phi) is 4.34. The smallest absolute Gasteiger partial charge is 0.253 e. The van der Waals surface area contributed by atoms with E-state index in [0.29, 0.717) is 5.95 Å². The van der Waals surface area contributed by atoms with E-state index < -0.39 is 6.04 Å². The van der Waals surface area contributed by atoms with Crippen LogP contribution in [0.4, 0.5) is 11.6 Å². The molecule has 3 aromatic rings. The van der Waals surface area contributed by atoms with Crippen LogP contribution >= 0.6 is 0 Å². The Morgan fingerprint density at radius 3 is 2.72 bits per heavy atom. The molecule has 29 heavy (non-hydrogen) atoms. The second-order valence-electron chi connectivity index (χ2n) is 8.05. The Labute approximate surface area is 169 Å². The molecule has 1 aliphatic heterocycles. The molecule has 5 rings (SSSR count). The van der Waals surface area contributed by atoms with Crippen LogP contribution in [0.25, 0.3) is 11.0 Å². The largest absolute Gasteiger partial charge is 0.326 e. The van der Waals surface area contributed by atoms with Crippen LogP contribution < -0.4 is 10.2 Å². The van der Waals surface area contributed by atoms with Crippen molar-refractivity contribution in [1.29, 1.82) is 0 Å². The number of hydrogen-bond donors (Lipinski definition) is 1. The molecular weight excluding hydrogens is 364 g/mol. The van der Waals surface area contributed by atoms with Crippen LogP contribution in [-0.4, -0.2) is 27.4 Å². The Bertz CT molecular complexity index is 1100. The van der Waals surface area contributed by atoms with Crippen molar-refractivity contribution in [1.82, 2.24) is 9.55 Å². The molecule has 0 unspecified atom stereocenters. The molecule has 0 spiro atoms. The maximum atomic E-state index is 13.4. The van der Waals surface area contributed by atoms with Gasteiger partial charge in [0.2, 0.25) is 11.9 Å². The lowest BCUT2D eigenvalue weighted by molar-refractivity contribution is -0.125. The van der Waals surface area contributed by atoms with E-state index in [1.807, 2.05) is 64.9 Å². The summed E-state index contributed by atoms with van der Waals surface area (Å²) in [6.07, 6.45) is 4.36. The van der Waals surface area contributed by atoms with Crippen LogP contribution in [0.15, 0.2) is 48.5 Å². The molecule has 1 atom stereocenters. The predicted octanol–water partition coefficient (Wildman–Crippen LogP) is 4.20. The van der Waals surface area contributed by atoms with Gasteiger partial charge >= 0.3 is 0 Å². The number of amides is 2. The van der Waals surface area contributed by atoms with E-state index in [9.17, 15) is 9.59 Å². The Morgan fingerprint density at radius 1 is 1.14 bits per heavy atom. The maximum absolute atomic E-state index is 13.4. The van der Waals surface area contributed by atoms with Crippen molar-refractivity contribution in [2.24, 2.45) is 0 Å². The number of carbonyl (C=O) groups is 2. The first-order chi connectivity index (χ1) is 14.1. The summed E-state index contributed by atoms with van der Waals surface area (Å²) in [5, 5.41) is 2.94. The quantitative estimate of drug-likeness (QED) is 0.728. The summed E-state index contributed by atoms with van der Waals surface area (Å²) in [5.41, 5.74) is 3.60. The number of carbonyl (C=O) groups excluding carboxylic acids is 2. The molecule has 2 heterocycles. The number of anilines is 2. The summed E-state index contributed by atoms with van der Waals surface area (Å²) in [4.78, 5) is 32.8. The summed E-state index contributed by atoms with van der Waals surface area (Å²) < 4.78 is 1.96. The number of benzene rings is 2. The highest BCUT2D eigenvalue weighted by atomic mass is 16.2. The van der Waals surface area contributed by atoms with Gasteiger partial charge in [-0.15, -0.1) is 0 Å². The van der Waals surface area contributed by atoms with Gasteiger partial charge in [0.25, 0.3) is 5.91 Å². The number of nitrogens with zero attached hydrogens (tertiary/aromatic N) is 3. The van der Waals surface area contributed by atoms with Gasteiger partial charge in [-0.25, -0.2) is 4.98 Å². The van der Waals surface area contributed by atoms with Crippen molar-refractivity contribution < 1.29 is 9.59 Å². The van der Waals surface area contributed by atoms with Crippen LogP contribution in [0.5, 0.6) is 0 Å². The number of para-hydroxylation sites is 2. The number of imidazole rings is 1. The van der Waals surface area contributed by atoms with Gasteiger partial charge in [0, 0.05) is 11.7 Å². The highest BCUT2D eigenvalue weighted by Crippen LogP contribution is 2.40. The fourth-order valence-electron chi connectivity index (χ4n) is 4.67. The van der Waals surface area contributed by atoms with Gasteiger partial charge in [0.15, 0.2) is 0 Å². The summed E-state index contributed by atoms with van der Waals surface area (Å²) >= 11 is 0. The molecule has 6 heteroatoms. The molecule has 1 fully saturated rings. The number of rotatable bonds is 4. The zero-order valence-electron chi connectivity index (χ0n) is 16.5. The number of fused-ring (bicyclic) bond motifs is 3. The lowest BCUT2D eigenvalue weighted by Crippen LogP contribution is -2.38. The minimum absolute atomic E-state index is 0.00968. The van der Waals surface area contributed by atoms with E-state index in [4.69, 9.17) is 4.98 Å². The summed E-state index contributed by atoms with van der Waals surface area (Å²) in [6.45, 7) is 1.99. The summed E-state index contributed by atoms with van der Waals surface area (Å²) in [5.74, 6) is 0.520. The van der Waals surface area contributed by atoms with Crippen LogP contribution in [-0.2, 0) is 9.59 Å². The predicted molar refractivity (Wildman–Crippen MR) is 113 cm³/mol. The average molecular weight is 388 g/mol. The van der Waals surface area contributed by atoms with Gasteiger partial charge in [-0.2, -0.15) is 0 Å². The molecule has 2 amide bonds. The number of aryl methyl sites for hydroxylation is 1. The molecular formula is C23H24N4O2. The van der Waals surface area contributed by atoms with Gasteiger partial charge in [0.1, 0.15) is 6.04 Å². The van der Waals surface area contributed by atoms with Crippen molar-refractivity contribution in [3.8, 4) is 0 Å². The first kappa shape index (κ1) is 17.9. The summed E-state index contributed by atoms with van der Waals surface area (Å²) in [7, 11) is 0. The van der Waals surface area contributed by atoms with Gasteiger partial charge in [-0.1, -0.05) is 37.1 Å². The SMILES string of the molecule is Cc1cccc(NC(=O)C[C@H]2C(=O)N(C3CCCC3)c3nc4ccccc4n32)c1.